The Morgan fingerprint density at radius 3 is 2.85 bits per heavy atom. The molecular formula is C8H11ClN2O2. The van der Waals surface area contributed by atoms with Crippen LogP contribution in [-0.2, 0) is 4.74 Å². The summed E-state index contributed by atoms with van der Waals surface area (Å²) < 4.78 is 10.1. The highest BCUT2D eigenvalue weighted by molar-refractivity contribution is 6.32. The Hall–Kier alpha value is -1.00. The van der Waals surface area contributed by atoms with Crippen molar-refractivity contribution in [2.24, 2.45) is 0 Å². The predicted molar refractivity (Wildman–Crippen MR) is 51.0 cm³/mol. The topological polar surface area (TPSA) is 57.4 Å². The van der Waals surface area contributed by atoms with Crippen LogP contribution in [0, 0.1) is 0 Å². The Morgan fingerprint density at radius 1 is 1.46 bits per heavy atom. The predicted octanol–water partition coefficient (Wildman–Crippen LogP) is 1.34. The number of aromatic nitrogens is 1. The number of halogens is 1. The quantitative estimate of drug-likeness (QED) is 0.749. The van der Waals surface area contributed by atoms with Crippen molar-refractivity contribution in [3.63, 3.8) is 0 Å². The third-order valence-electron chi connectivity index (χ3n) is 1.41. The molecule has 0 atom stereocenters. The highest BCUT2D eigenvalue weighted by Gasteiger charge is 2.05. The monoisotopic (exact) mass is 202 g/mol. The van der Waals surface area contributed by atoms with Crippen molar-refractivity contribution in [3.8, 4) is 5.75 Å². The van der Waals surface area contributed by atoms with Gasteiger partial charge in [0.2, 0.25) is 0 Å². The van der Waals surface area contributed by atoms with Crippen LogP contribution >= 0.6 is 11.6 Å². The molecule has 0 bridgehead atoms. The zero-order valence-electron chi connectivity index (χ0n) is 7.29. The largest absolute Gasteiger partial charge is 0.487 e. The van der Waals surface area contributed by atoms with Gasteiger partial charge in [-0.05, 0) is 0 Å². The molecule has 0 amide bonds. The average molecular weight is 203 g/mol. The summed E-state index contributed by atoms with van der Waals surface area (Å²) in [4.78, 5) is 3.80. The molecule has 72 valence electrons. The highest BCUT2D eigenvalue weighted by Crippen LogP contribution is 2.28. The number of nitrogens with two attached hydrogens (primary N) is 1. The van der Waals surface area contributed by atoms with Gasteiger partial charge >= 0.3 is 0 Å². The molecule has 0 saturated carbocycles. The van der Waals surface area contributed by atoms with E-state index in [1.54, 1.807) is 7.11 Å². The van der Waals surface area contributed by atoms with E-state index in [0.29, 0.717) is 29.7 Å². The minimum Gasteiger partial charge on any atom is -0.487 e. The van der Waals surface area contributed by atoms with Crippen LogP contribution in [0.15, 0.2) is 12.4 Å². The molecule has 13 heavy (non-hydrogen) atoms. The van der Waals surface area contributed by atoms with Gasteiger partial charge in [0, 0.05) is 13.3 Å². The smallest absolute Gasteiger partial charge is 0.164 e. The second-order valence-corrected chi connectivity index (χ2v) is 2.79. The van der Waals surface area contributed by atoms with E-state index < -0.39 is 0 Å². The Labute approximate surface area is 81.6 Å². The molecule has 0 saturated heterocycles. The van der Waals surface area contributed by atoms with E-state index in [-0.39, 0.29) is 0 Å². The molecular weight excluding hydrogens is 192 g/mol. The Kier molecular flexibility index (Phi) is 3.79. The summed E-state index contributed by atoms with van der Waals surface area (Å²) in [5, 5.41) is 0.413. The van der Waals surface area contributed by atoms with E-state index in [1.165, 1.54) is 12.4 Å². The second-order valence-electron chi connectivity index (χ2n) is 2.38. The first-order chi connectivity index (χ1) is 6.25. The third-order valence-corrected chi connectivity index (χ3v) is 1.68. The van der Waals surface area contributed by atoms with Crippen LogP contribution in [0.25, 0.3) is 0 Å². The minimum absolute atomic E-state index is 0.413. The Morgan fingerprint density at radius 2 is 2.23 bits per heavy atom. The van der Waals surface area contributed by atoms with Crippen LogP contribution in [0.2, 0.25) is 5.02 Å². The summed E-state index contributed by atoms with van der Waals surface area (Å²) in [6, 6.07) is 0. The standard InChI is InChI=1S/C8H11ClN2O2/c1-12-2-3-13-8-6(9)4-11-5-7(8)10/h4-5H,2-3,10H2,1H3. The van der Waals surface area contributed by atoms with Gasteiger partial charge in [0.25, 0.3) is 0 Å². The second kappa shape index (κ2) is 4.89. The van der Waals surface area contributed by atoms with E-state index in [2.05, 4.69) is 4.98 Å². The zero-order chi connectivity index (χ0) is 9.68. The number of nitrogen functional groups attached to an aromatic ring is 1. The lowest BCUT2D eigenvalue weighted by molar-refractivity contribution is 0.146. The minimum atomic E-state index is 0.413. The zero-order valence-corrected chi connectivity index (χ0v) is 8.04. The maximum Gasteiger partial charge on any atom is 0.164 e. The summed E-state index contributed by atoms with van der Waals surface area (Å²) in [5.41, 5.74) is 6.02. The van der Waals surface area contributed by atoms with E-state index in [1.807, 2.05) is 0 Å². The molecule has 0 radical (unpaired) electrons. The molecule has 0 spiro atoms. The lowest BCUT2D eigenvalue weighted by Crippen LogP contribution is -2.06. The number of ether oxygens (including phenoxy) is 2. The normalized spacial score (nSPS) is 10.0. The van der Waals surface area contributed by atoms with Gasteiger partial charge in [-0.15, -0.1) is 0 Å². The molecule has 0 aliphatic heterocycles. The van der Waals surface area contributed by atoms with Gasteiger partial charge in [0.05, 0.1) is 18.5 Å². The summed E-state index contributed by atoms with van der Waals surface area (Å²) in [5.74, 6) is 0.466. The van der Waals surface area contributed by atoms with Gasteiger partial charge < -0.3 is 15.2 Å². The lowest BCUT2D eigenvalue weighted by Gasteiger charge is -2.08. The molecule has 1 aromatic heterocycles. The van der Waals surface area contributed by atoms with Gasteiger partial charge in [-0.1, -0.05) is 11.6 Å². The fourth-order valence-electron chi connectivity index (χ4n) is 0.817. The average Bonchev–Trinajstić information content (AvgIpc) is 2.10. The van der Waals surface area contributed by atoms with Crippen molar-refractivity contribution in [2.75, 3.05) is 26.1 Å². The number of methoxy groups -OCH3 is 1. The molecule has 0 aliphatic rings. The summed E-state index contributed by atoms with van der Waals surface area (Å²) in [7, 11) is 1.60. The van der Waals surface area contributed by atoms with Gasteiger partial charge in [-0.3, -0.25) is 4.98 Å². The summed E-state index contributed by atoms with van der Waals surface area (Å²) in [6.07, 6.45) is 2.98. The molecule has 0 unspecified atom stereocenters. The van der Waals surface area contributed by atoms with Crippen LogP contribution in [0.5, 0.6) is 5.75 Å². The number of hydrogen-bond donors (Lipinski definition) is 1. The van der Waals surface area contributed by atoms with E-state index in [4.69, 9.17) is 26.8 Å². The van der Waals surface area contributed by atoms with Crippen molar-refractivity contribution in [2.45, 2.75) is 0 Å². The van der Waals surface area contributed by atoms with Crippen LogP contribution in [0.1, 0.15) is 0 Å². The molecule has 2 N–H and O–H groups in total. The van der Waals surface area contributed by atoms with Crippen molar-refractivity contribution in [1.29, 1.82) is 0 Å². The highest BCUT2D eigenvalue weighted by atomic mass is 35.5. The van der Waals surface area contributed by atoms with Crippen LogP contribution < -0.4 is 10.5 Å². The molecule has 1 rings (SSSR count). The SMILES string of the molecule is COCCOc1c(N)cncc1Cl. The first-order valence-corrected chi connectivity index (χ1v) is 4.14. The number of nitrogens with zero attached hydrogens (tertiary/aromatic N) is 1. The van der Waals surface area contributed by atoms with E-state index in [0.717, 1.165) is 0 Å². The van der Waals surface area contributed by atoms with Gasteiger partial charge in [0.15, 0.2) is 5.75 Å². The van der Waals surface area contributed by atoms with Crippen molar-refractivity contribution >= 4 is 17.3 Å². The molecule has 4 nitrogen and oxygen atoms in total. The molecule has 1 heterocycles. The fourth-order valence-corrected chi connectivity index (χ4v) is 1.04. The van der Waals surface area contributed by atoms with Crippen LogP contribution in [0.4, 0.5) is 5.69 Å². The van der Waals surface area contributed by atoms with Crippen molar-refractivity contribution in [1.82, 2.24) is 4.98 Å². The van der Waals surface area contributed by atoms with Crippen molar-refractivity contribution in [3.05, 3.63) is 17.4 Å². The van der Waals surface area contributed by atoms with Crippen LogP contribution in [0.3, 0.4) is 0 Å². The molecule has 0 aromatic carbocycles. The summed E-state index contributed by atoms with van der Waals surface area (Å²) in [6.45, 7) is 0.919. The summed E-state index contributed by atoms with van der Waals surface area (Å²) >= 11 is 5.80. The first kappa shape index (κ1) is 10.1. The lowest BCUT2D eigenvalue weighted by atomic mass is 10.4. The maximum atomic E-state index is 5.80. The molecule has 0 fully saturated rings. The van der Waals surface area contributed by atoms with E-state index >= 15 is 0 Å². The molecule has 1 aromatic rings. The number of rotatable bonds is 4. The number of hydrogen-bond acceptors (Lipinski definition) is 4. The molecule has 0 aliphatic carbocycles. The van der Waals surface area contributed by atoms with Gasteiger partial charge in [0.1, 0.15) is 11.6 Å². The van der Waals surface area contributed by atoms with Crippen molar-refractivity contribution < 1.29 is 9.47 Å². The third kappa shape index (κ3) is 2.75. The maximum absolute atomic E-state index is 5.80. The first-order valence-electron chi connectivity index (χ1n) is 3.76. The molecule has 5 heteroatoms. The fraction of sp³-hybridized carbons (Fsp3) is 0.375. The van der Waals surface area contributed by atoms with Gasteiger partial charge in [-0.25, -0.2) is 0 Å². The number of anilines is 1. The Bertz CT molecular complexity index is 261. The Balaban J connectivity index is 2.64. The number of pyridine rings is 1. The van der Waals surface area contributed by atoms with E-state index in [9.17, 15) is 0 Å². The van der Waals surface area contributed by atoms with Gasteiger partial charge in [-0.2, -0.15) is 0 Å². The van der Waals surface area contributed by atoms with Crippen LogP contribution in [-0.4, -0.2) is 25.3 Å².